The Hall–Kier alpha value is -2.29. The molecular formula is C19H18BNO3. The highest BCUT2D eigenvalue weighted by Crippen LogP contribution is 2.38. The fourth-order valence-corrected chi connectivity index (χ4v) is 3.12. The van der Waals surface area contributed by atoms with Gasteiger partial charge in [-0.2, -0.15) is 5.26 Å². The number of nitriles is 1. The molecular weight excluding hydrogens is 301 g/mol. The van der Waals surface area contributed by atoms with Crippen LogP contribution in [-0.4, -0.2) is 18.3 Å². The highest BCUT2D eigenvalue weighted by Gasteiger charge is 2.52. The summed E-state index contributed by atoms with van der Waals surface area (Å²) < 4.78 is 18.4. The van der Waals surface area contributed by atoms with Crippen LogP contribution in [0.2, 0.25) is 0 Å². The molecule has 0 aliphatic carbocycles. The third-order valence-corrected chi connectivity index (χ3v) is 5.18. The lowest BCUT2D eigenvalue weighted by Gasteiger charge is -2.32. The number of rotatable bonds is 1. The molecule has 5 heteroatoms. The van der Waals surface area contributed by atoms with Crippen molar-refractivity contribution in [1.82, 2.24) is 0 Å². The minimum absolute atomic E-state index is 0.413. The number of hydrogen-bond donors (Lipinski definition) is 0. The van der Waals surface area contributed by atoms with E-state index in [2.05, 4.69) is 6.07 Å². The third-order valence-electron chi connectivity index (χ3n) is 5.18. The predicted molar refractivity (Wildman–Crippen MR) is 94.2 cm³/mol. The Bertz CT molecular complexity index is 981. The van der Waals surface area contributed by atoms with Crippen LogP contribution in [0.3, 0.4) is 0 Å². The second kappa shape index (κ2) is 4.86. The Morgan fingerprint density at radius 1 is 0.958 bits per heavy atom. The van der Waals surface area contributed by atoms with Gasteiger partial charge in [-0.3, -0.25) is 0 Å². The number of benzene rings is 2. The molecule has 0 bridgehead atoms. The summed E-state index contributed by atoms with van der Waals surface area (Å²) in [5, 5.41) is 11.1. The molecule has 24 heavy (non-hydrogen) atoms. The van der Waals surface area contributed by atoms with Crippen LogP contribution < -0.4 is 5.46 Å². The van der Waals surface area contributed by atoms with Crippen molar-refractivity contribution in [3.63, 3.8) is 0 Å². The van der Waals surface area contributed by atoms with Gasteiger partial charge in [-0.1, -0.05) is 24.3 Å². The molecule has 0 spiro atoms. The zero-order valence-electron chi connectivity index (χ0n) is 14.2. The Balaban J connectivity index is 1.94. The molecule has 2 aromatic carbocycles. The summed E-state index contributed by atoms with van der Waals surface area (Å²) in [6, 6.07) is 13.6. The lowest BCUT2D eigenvalue weighted by molar-refractivity contribution is 0.00578. The fourth-order valence-electron chi connectivity index (χ4n) is 3.12. The van der Waals surface area contributed by atoms with Crippen molar-refractivity contribution in [2.75, 3.05) is 0 Å². The molecule has 0 atom stereocenters. The fraction of sp³-hybridized carbons (Fsp3) is 0.316. The molecule has 1 fully saturated rings. The van der Waals surface area contributed by atoms with Crippen molar-refractivity contribution >= 4 is 34.5 Å². The lowest BCUT2D eigenvalue weighted by atomic mass is 9.78. The molecule has 0 unspecified atom stereocenters. The van der Waals surface area contributed by atoms with Crippen LogP contribution >= 0.6 is 0 Å². The summed E-state index contributed by atoms with van der Waals surface area (Å²) in [6.45, 7) is 8.11. The van der Waals surface area contributed by atoms with Crippen molar-refractivity contribution in [3.05, 3.63) is 42.0 Å². The summed E-state index contributed by atoms with van der Waals surface area (Å²) in [7, 11) is -0.496. The molecule has 0 N–H and O–H groups in total. The zero-order valence-corrected chi connectivity index (χ0v) is 14.2. The van der Waals surface area contributed by atoms with E-state index in [0.717, 1.165) is 16.2 Å². The van der Waals surface area contributed by atoms with E-state index < -0.39 is 18.3 Å². The summed E-state index contributed by atoms with van der Waals surface area (Å²) in [5.41, 5.74) is 2.05. The topological polar surface area (TPSA) is 55.4 Å². The van der Waals surface area contributed by atoms with Crippen LogP contribution in [-0.2, 0) is 9.31 Å². The SMILES string of the molecule is CC1(C)OB(c2cccc3c2oc2cccc(C#N)c23)OC1(C)C. The first-order chi connectivity index (χ1) is 11.3. The van der Waals surface area contributed by atoms with Crippen LogP contribution in [0.25, 0.3) is 21.9 Å². The Labute approximate surface area is 141 Å². The van der Waals surface area contributed by atoms with E-state index in [1.165, 1.54) is 0 Å². The second-order valence-corrected chi connectivity index (χ2v) is 7.20. The number of nitrogens with zero attached hydrogens (tertiary/aromatic N) is 1. The highest BCUT2D eigenvalue weighted by atomic mass is 16.7. The summed E-state index contributed by atoms with van der Waals surface area (Å²) in [6.07, 6.45) is 0. The summed E-state index contributed by atoms with van der Waals surface area (Å²) in [5.74, 6) is 0. The average Bonchev–Trinajstić information content (AvgIpc) is 3.01. The van der Waals surface area contributed by atoms with Gasteiger partial charge in [-0.15, -0.1) is 0 Å². The van der Waals surface area contributed by atoms with Crippen molar-refractivity contribution in [2.24, 2.45) is 0 Å². The largest absolute Gasteiger partial charge is 0.498 e. The molecule has 1 aliphatic heterocycles. The van der Waals surface area contributed by atoms with E-state index >= 15 is 0 Å². The average molecular weight is 319 g/mol. The smallest absolute Gasteiger partial charge is 0.456 e. The minimum atomic E-state index is -0.496. The van der Waals surface area contributed by atoms with Gasteiger partial charge in [-0.25, -0.2) is 0 Å². The van der Waals surface area contributed by atoms with Gasteiger partial charge < -0.3 is 13.7 Å². The van der Waals surface area contributed by atoms with Gasteiger partial charge in [0.05, 0.1) is 22.8 Å². The maximum absolute atomic E-state index is 9.39. The van der Waals surface area contributed by atoms with Crippen LogP contribution in [0, 0.1) is 11.3 Å². The maximum atomic E-state index is 9.39. The Morgan fingerprint density at radius 3 is 2.29 bits per heavy atom. The Morgan fingerprint density at radius 2 is 1.62 bits per heavy atom. The predicted octanol–water partition coefficient (Wildman–Crippen LogP) is 3.76. The minimum Gasteiger partial charge on any atom is -0.456 e. The lowest BCUT2D eigenvalue weighted by Crippen LogP contribution is -2.41. The van der Waals surface area contributed by atoms with E-state index in [1.54, 1.807) is 6.07 Å². The molecule has 0 radical (unpaired) electrons. The molecule has 120 valence electrons. The molecule has 4 rings (SSSR count). The van der Waals surface area contributed by atoms with Gasteiger partial charge in [0.25, 0.3) is 0 Å². The van der Waals surface area contributed by atoms with Crippen molar-refractivity contribution in [3.8, 4) is 6.07 Å². The molecule has 0 saturated carbocycles. The number of furan rings is 1. The van der Waals surface area contributed by atoms with Crippen molar-refractivity contribution in [2.45, 2.75) is 38.9 Å². The van der Waals surface area contributed by atoms with E-state index in [9.17, 15) is 5.26 Å². The number of fused-ring (bicyclic) bond motifs is 3. The van der Waals surface area contributed by atoms with Gasteiger partial charge in [0.2, 0.25) is 0 Å². The first kappa shape index (κ1) is 15.3. The van der Waals surface area contributed by atoms with E-state index in [-0.39, 0.29) is 0 Å². The first-order valence-corrected chi connectivity index (χ1v) is 8.04. The van der Waals surface area contributed by atoms with Crippen LogP contribution in [0.15, 0.2) is 40.8 Å². The van der Waals surface area contributed by atoms with E-state index in [0.29, 0.717) is 16.7 Å². The van der Waals surface area contributed by atoms with Crippen LogP contribution in [0.4, 0.5) is 0 Å². The first-order valence-electron chi connectivity index (χ1n) is 8.04. The third kappa shape index (κ3) is 2.00. The number of hydrogen-bond acceptors (Lipinski definition) is 4. The van der Waals surface area contributed by atoms with Crippen molar-refractivity contribution in [1.29, 1.82) is 5.26 Å². The molecule has 1 aliphatic rings. The van der Waals surface area contributed by atoms with Gasteiger partial charge in [0, 0.05) is 16.2 Å². The van der Waals surface area contributed by atoms with Crippen LogP contribution in [0.1, 0.15) is 33.3 Å². The van der Waals surface area contributed by atoms with E-state index in [4.69, 9.17) is 13.7 Å². The quantitative estimate of drug-likeness (QED) is 0.641. The Kier molecular flexibility index (Phi) is 3.09. The standard InChI is InChI=1S/C19H18BNO3/c1-18(2)19(3,4)24-20(23-18)14-9-6-8-13-16-12(11-21)7-5-10-15(16)22-17(13)14/h5-10H,1-4H3. The number of para-hydroxylation sites is 1. The molecule has 2 heterocycles. The zero-order chi connectivity index (χ0) is 17.1. The molecule has 0 amide bonds. The summed E-state index contributed by atoms with van der Waals surface area (Å²) >= 11 is 0. The normalized spacial score (nSPS) is 19.0. The van der Waals surface area contributed by atoms with Gasteiger partial charge >= 0.3 is 7.12 Å². The van der Waals surface area contributed by atoms with E-state index in [1.807, 2.05) is 58.0 Å². The molecule has 1 aromatic heterocycles. The van der Waals surface area contributed by atoms with Crippen molar-refractivity contribution < 1.29 is 13.7 Å². The van der Waals surface area contributed by atoms with Gasteiger partial charge in [0.15, 0.2) is 0 Å². The highest BCUT2D eigenvalue weighted by molar-refractivity contribution is 6.65. The van der Waals surface area contributed by atoms with Gasteiger partial charge in [0.1, 0.15) is 11.2 Å². The van der Waals surface area contributed by atoms with Gasteiger partial charge in [-0.05, 0) is 39.8 Å². The molecule has 3 aromatic rings. The second-order valence-electron chi connectivity index (χ2n) is 7.20. The summed E-state index contributed by atoms with van der Waals surface area (Å²) in [4.78, 5) is 0. The van der Waals surface area contributed by atoms with Crippen LogP contribution in [0.5, 0.6) is 0 Å². The molecule has 1 saturated heterocycles. The monoisotopic (exact) mass is 319 g/mol. The molecule has 4 nitrogen and oxygen atoms in total. The maximum Gasteiger partial charge on any atom is 0.498 e.